The van der Waals surface area contributed by atoms with Crippen LogP contribution in [-0.4, -0.2) is 16.7 Å². The van der Waals surface area contributed by atoms with Gasteiger partial charge in [0, 0.05) is 22.9 Å². The van der Waals surface area contributed by atoms with Crippen molar-refractivity contribution in [1.82, 2.24) is 10.3 Å². The van der Waals surface area contributed by atoms with Crippen molar-refractivity contribution in [1.29, 1.82) is 0 Å². The minimum absolute atomic E-state index is 0.435. The highest BCUT2D eigenvalue weighted by molar-refractivity contribution is 6.19. The summed E-state index contributed by atoms with van der Waals surface area (Å²) < 4.78 is 0. The Morgan fingerprint density at radius 3 is 2.00 bits per heavy atom. The zero-order valence-electron chi connectivity index (χ0n) is 28.5. The van der Waals surface area contributed by atoms with Crippen molar-refractivity contribution in [2.75, 3.05) is 0 Å². The number of allylic oxidation sites excluding steroid dienone is 2. The molecular formula is C48H34N4. The molecule has 7 aromatic rings. The lowest BCUT2D eigenvalue weighted by Crippen LogP contribution is -2.36. The highest BCUT2D eigenvalue weighted by Crippen LogP contribution is 2.49. The van der Waals surface area contributed by atoms with Gasteiger partial charge in [-0.05, 0) is 104 Å². The largest absolute Gasteiger partial charge is 0.324 e. The Hall–Kier alpha value is -6.65. The Labute approximate surface area is 303 Å². The van der Waals surface area contributed by atoms with Crippen LogP contribution in [0.15, 0.2) is 186 Å². The Balaban J connectivity index is 1.16. The summed E-state index contributed by atoms with van der Waals surface area (Å²) in [6.45, 7) is 0. The smallest absolute Gasteiger partial charge is 0.169 e. The van der Waals surface area contributed by atoms with Gasteiger partial charge in [0.1, 0.15) is 11.7 Å². The number of amidine groups is 2. The summed E-state index contributed by atoms with van der Waals surface area (Å²) in [6.07, 6.45) is 10.1. The summed E-state index contributed by atoms with van der Waals surface area (Å²) in [7, 11) is 0. The number of aromatic nitrogens is 1. The van der Waals surface area contributed by atoms with Crippen molar-refractivity contribution in [2.24, 2.45) is 9.98 Å². The monoisotopic (exact) mass is 666 g/mol. The van der Waals surface area contributed by atoms with Crippen LogP contribution in [0.5, 0.6) is 0 Å². The Morgan fingerprint density at radius 2 is 1.21 bits per heavy atom. The number of fused-ring (bicyclic) bond motifs is 3. The van der Waals surface area contributed by atoms with Crippen LogP contribution in [0.1, 0.15) is 30.1 Å². The van der Waals surface area contributed by atoms with E-state index in [-0.39, 0.29) is 0 Å². The summed E-state index contributed by atoms with van der Waals surface area (Å²) in [5.74, 6) is 1.68. The van der Waals surface area contributed by atoms with E-state index in [1.807, 2.05) is 30.5 Å². The third kappa shape index (κ3) is 5.28. The molecule has 4 heteroatoms. The maximum atomic E-state index is 5.29. The van der Waals surface area contributed by atoms with E-state index >= 15 is 0 Å². The first-order chi connectivity index (χ1) is 25.8. The number of nitrogens with one attached hydrogen (secondary N) is 1. The molecule has 1 aliphatic heterocycles. The molecule has 0 spiro atoms. The molecule has 0 amide bonds. The molecule has 3 aliphatic rings. The van der Waals surface area contributed by atoms with Gasteiger partial charge < -0.3 is 5.32 Å². The van der Waals surface area contributed by atoms with E-state index in [9.17, 15) is 0 Å². The highest BCUT2D eigenvalue weighted by atomic mass is 15.2. The topological polar surface area (TPSA) is 49.6 Å². The predicted molar refractivity (Wildman–Crippen MR) is 215 cm³/mol. The van der Waals surface area contributed by atoms with Gasteiger partial charge in [-0.2, -0.15) is 0 Å². The molecule has 0 radical (unpaired) electrons. The Kier molecular flexibility index (Phi) is 7.31. The van der Waals surface area contributed by atoms with E-state index in [0.29, 0.717) is 0 Å². The molecule has 6 aromatic carbocycles. The third-order valence-electron chi connectivity index (χ3n) is 10.3. The van der Waals surface area contributed by atoms with Gasteiger partial charge >= 0.3 is 0 Å². The van der Waals surface area contributed by atoms with E-state index in [0.717, 1.165) is 69.2 Å². The van der Waals surface area contributed by atoms with Gasteiger partial charge in [-0.1, -0.05) is 133 Å². The van der Waals surface area contributed by atoms with E-state index in [1.165, 1.54) is 38.6 Å². The molecule has 0 fully saturated rings. The first kappa shape index (κ1) is 30.2. The molecule has 1 atom stereocenters. The van der Waals surface area contributed by atoms with Crippen molar-refractivity contribution >= 4 is 22.4 Å². The molecular weight excluding hydrogens is 633 g/mol. The molecule has 2 aliphatic carbocycles. The maximum absolute atomic E-state index is 5.29. The van der Waals surface area contributed by atoms with Crippen LogP contribution in [0, 0.1) is 0 Å². The summed E-state index contributed by atoms with van der Waals surface area (Å²) in [6, 6.07) is 52.1. The zero-order valence-corrected chi connectivity index (χ0v) is 28.5. The summed E-state index contributed by atoms with van der Waals surface area (Å²) in [4.78, 5) is 15.1. The van der Waals surface area contributed by atoms with Crippen LogP contribution in [0.2, 0.25) is 0 Å². The van der Waals surface area contributed by atoms with Gasteiger partial charge in [0.2, 0.25) is 0 Å². The molecule has 52 heavy (non-hydrogen) atoms. The number of nitrogens with zero attached hydrogens (tertiary/aromatic N) is 3. The van der Waals surface area contributed by atoms with E-state index < -0.39 is 6.17 Å². The van der Waals surface area contributed by atoms with Crippen molar-refractivity contribution in [3.8, 4) is 55.8 Å². The molecule has 2 heterocycles. The van der Waals surface area contributed by atoms with Crippen LogP contribution in [0.3, 0.4) is 0 Å². The van der Waals surface area contributed by atoms with Crippen molar-refractivity contribution in [3.05, 3.63) is 187 Å². The van der Waals surface area contributed by atoms with Crippen LogP contribution < -0.4 is 5.32 Å². The van der Waals surface area contributed by atoms with E-state index in [4.69, 9.17) is 9.98 Å². The lowest BCUT2D eigenvalue weighted by Gasteiger charge is -2.24. The average molecular weight is 667 g/mol. The maximum Gasteiger partial charge on any atom is 0.169 e. The fourth-order valence-corrected chi connectivity index (χ4v) is 7.83. The second-order valence-corrected chi connectivity index (χ2v) is 13.5. The standard InChI is InChI=1S/C48H34N4/c1-3-12-33(13-4-1)46-50-47(34-14-5-2-6-15-34)52-48(51-46)37-29-35(31-21-23-32(24-22-31)44-20-9-10-27-49-44)28-36(30-37)38-25-26-43-40-17-8-7-16-39(40)42-19-11-18-41(38)45(42)43/h1,3-5,7-30,48H,2,6H2,(H,50,51,52). The molecule has 4 nitrogen and oxygen atoms in total. The number of hydrogen-bond acceptors (Lipinski definition) is 4. The minimum atomic E-state index is -0.435. The van der Waals surface area contributed by atoms with Crippen LogP contribution in [-0.2, 0) is 0 Å². The van der Waals surface area contributed by atoms with Gasteiger partial charge in [-0.3, -0.25) is 4.98 Å². The zero-order chi connectivity index (χ0) is 34.4. The van der Waals surface area contributed by atoms with Crippen molar-refractivity contribution in [3.63, 3.8) is 0 Å². The molecule has 1 N–H and O–H groups in total. The molecule has 0 saturated heterocycles. The van der Waals surface area contributed by atoms with Crippen LogP contribution in [0.25, 0.3) is 66.5 Å². The number of aliphatic imine (C=N–C) groups is 2. The third-order valence-corrected chi connectivity index (χ3v) is 10.3. The Morgan fingerprint density at radius 1 is 0.500 bits per heavy atom. The second kappa shape index (κ2) is 12.6. The first-order valence-corrected chi connectivity index (χ1v) is 17.9. The van der Waals surface area contributed by atoms with Crippen LogP contribution >= 0.6 is 0 Å². The fourth-order valence-electron chi connectivity index (χ4n) is 7.83. The Bertz CT molecular complexity index is 2600. The molecule has 10 rings (SSSR count). The number of benzene rings is 6. The molecule has 1 aromatic heterocycles. The van der Waals surface area contributed by atoms with Gasteiger partial charge in [0.25, 0.3) is 0 Å². The van der Waals surface area contributed by atoms with Gasteiger partial charge in [0.15, 0.2) is 6.17 Å². The van der Waals surface area contributed by atoms with E-state index in [2.05, 4.69) is 150 Å². The van der Waals surface area contributed by atoms with Crippen molar-refractivity contribution in [2.45, 2.75) is 19.0 Å². The average Bonchev–Trinajstić information content (AvgIpc) is 3.56. The summed E-state index contributed by atoms with van der Waals surface area (Å²) >= 11 is 0. The van der Waals surface area contributed by atoms with Gasteiger partial charge in [-0.15, -0.1) is 0 Å². The van der Waals surface area contributed by atoms with Crippen molar-refractivity contribution < 1.29 is 0 Å². The lowest BCUT2D eigenvalue weighted by molar-refractivity contribution is 0.756. The molecule has 0 saturated carbocycles. The number of rotatable bonds is 6. The molecule has 0 bridgehead atoms. The number of pyridine rings is 1. The van der Waals surface area contributed by atoms with Crippen LogP contribution in [0.4, 0.5) is 0 Å². The van der Waals surface area contributed by atoms with E-state index in [1.54, 1.807) is 0 Å². The first-order valence-electron chi connectivity index (χ1n) is 17.9. The molecule has 246 valence electrons. The van der Waals surface area contributed by atoms with Gasteiger partial charge in [0.05, 0.1) is 5.69 Å². The highest BCUT2D eigenvalue weighted by Gasteiger charge is 2.25. The molecule has 1 unspecified atom stereocenters. The van der Waals surface area contributed by atoms with Gasteiger partial charge in [-0.25, -0.2) is 9.98 Å². The normalized spacial score (nSPS) is 15.8. The number of hydrogen-bond donors (Lipinski definition) is 1. The summed E-state index contributed by atoms with van der Waals surface area (Å²) in [5, 5.41) is 6.15. The fraction of sp³-hybridized carbons (Fsp3) is 0.0625. The summed E-state index contributed by atoms with van der Waals surface area (Å²) in [5.41, 5.74) is 15.0. The quantitative estimate of drug-likeness (QED) is 0.192. The lowest BCUT2D eigenvalue weighted by atomic mass is 9.90. The second-order valence-electron chi connectivity index (χ2n) is 13.5. The predicted octanol–water partition coefficient (Wildman–Crippen LogP) is 11.6. The minimum Gasteiger partial charge on any atom is -0.324 e. The SMILES string of the molecule is C1=CC(C2=NC(c3cc(-c4ccc(-c5ccccn5)cc4)cc(-c4ccc5c6c(cccc46)-c4ccccc4-5)c3)N=C(c3ccccc3)N2)=CCC1.